The van der Waals surface area contributed by atoms with Crippen molar-refractivity contribution in [1.29, 1.82) is 0 Å². The minimum absolute atomic E-state index is 0.00778. The van der Waals surface area contributed by atoms with E-state index in [1.807, 2.05) is 0 Å². The summed E-state index contributed by atoms with van der Waals surface area (Å²) < 4.78 is 16.4. The van der Waals surface area contributed by atoms with Crippen molar-refractivity contribution in [3.63, 3.8) is 0 Å². The standard InChI is InChI=1S/C18H18N2O6/c1-2-3-4-12(18(22)23)20-17(21)15-16(26-10-19-15)11-5-6-13-14(9-11)25-8-7-24-13/h2-3,5-6,9-10,12H,4,7-8H2,1H3,(H,20,21)(H,22,23)/b3-2+. The first-order valence-corrected chi connectivity index (χ1v) is 8.08. The Morgan fingerprint density at radius 3 is 2.81 bits per heavy atom. The highest BCUT2D eigenvalue weighted by molar-refractivity contribution is 5.99. The molecule has 1 atom stereocenters. The average molecular weight is 358 g/mol. The van der Waals surface area contributed by atoms with Crippen LogP contribution < -0.4 is 14.8 Å². The molecule has 0 aliphatic carbocycles. The van der Waals surface area contributed by atoms with E-state index in [4.69, 9.17) is 13.9 Å². The summed E-state index contributed by atoms with van der Waals surface area (Å²) in [7, 11) is 0. The van der Waals surface area contributed by atoms with Crippen molar-refractivity contribution in [2.75, 3.05) is 13.2 Å². The average Bonchev–Trinajstić information content (AvgIpc) is 3.14. The number of nitrogens with one attached hydrogen (secondary N) is 1. The van der Waals surface area contributed by atoms with Gasteiger partial charge in [0.15, 0.2) is 29.3 Å². The first-order valence-electron chi connectivity index (χ1n) is 8.08. The number of hydrogen-bond donors (Lipinski definition) is 2. The molecule has 0 saturated heterocycles. The second kappa shape index (κ2) is 7.73. The van der Waals surface area contributed by atoms with Gasteiger partial charge in [0.2, 0.25) is 0 Å². The first kappa shape index (κ1) is 17.5. The van der Waals surface area contributed by atoms with Gasteiger partial charge in [0.1, 0.15) is 19.3 Å². The zero-order valence-corrected chi connectivity index (χ0v) is 14.1. The maximum Gasteiger partial charge on any atom is 0.326 e. The summed E-state index contributed by atoms with van der Waals surface area (Å²) in [5.74, 6) is -0.355. The molecular formula is C18H18N2O6. The zero-order valence-electron chi connectivity index (χ0n) is 14.1. The van der Waals surface area contributed by atoms with Crippen LogP contribution in [-0.2, 0) is 4.79 Å². The molecule has 2 aromatic rings. The van der Waals surface area contributed by atoms with Gasteiger partial charge in [-0.2, -0.15) is 0 Å². The first-order chi connectivity index (χ1) is 12.6. The number of carbonyl (C=O) groups excluding carboxylic acids is 1. The molecule has 0 spiro atoms. The van der Waals surface area contributed by atoms with Crippen molar-refractivity contribution >= 4 is 11.9 Å². The number of aliphatic carboxylic acids is 1. The number of fused-ring (bicyclic) bond motifs is 1. The van der Waals surface area contributed by atoms with E-state index in [9.17, 15) is 14.7 Å². The molecule has 2 N–H and O–H groups in total. The van der Waals surface area contributed by atoms with E-state index in [0.29, 0.717) is 30.3 Å². The third-order valence-corrected chi connectivity index (χ3v) is 3.80. The van der Waals surface area contributed by atoms with E-state index in [-0.39, 0.29) is 17.9 Å². The summed E-state index contributed by atoms with van der Waals surface area (Å²) in [6.45, 7) is 2.69. The van der Waals surface area contributed by atoms with Gasteiger partial charge >= 0.3 is 5.97 Å². The molecule has 8 nitrogen and oxygen atoms in total. The summed E-state index contributed by atoms with van der Waals surface area (Å²) in [5, 5.41) is 11.7. The van der Waals surface area contributed by atoms with Crippen molar-refractivity contribution in [3.05, 3.63) is 42.4 Å². The Labute approximate surface area is 149 Å². The molecule has 136 valence electrons. The molecular weight excluding hydrogens is 340 g/mol. The zero-order chi connectivity index (χ0) is 18.5. The van der Waals surface area contributed by atoms with Crippen molar-refractivity contribution in [1.82, 2.24) is 10.3 Å². The predicted octanol–water partition coefficient (Wildman–Crippen LogP) is 2.26. The van der Waals surface area contributed by atoms with Gasteiger partial charge in [-0.3, -0.25) is 4.79 Å². The molecule has 1 unspecified atom stereocenters. The molecule has 3 rings (SSSR count). The highest BCUT2D eigenvalue weighted by atomic mass is 16.6. The van der Waals surface area contributed by atoms with Crippen LogP contribution >= 0.6 is 0 Å². The minimum Gasteiger partial charge on any atom is -0.486 e. The Balaban J connectivity index is 1.83. The van der Waals surface area contributed by atoms with Crippen LogP contribution in [0, 0.1) is 0 Å². The summed E-state index contributed by atoms with van der Waals surface area (Å²) in [4.78, 5) is 27.7. The lowest BCUT2D eigenvalue weighted by Gasteiger charge is -2.18. The number of amides is 1. The summed E-state index contributed by atoms with van der Waals surface area (Å²) >= 11 is 0. The summed E-state index contributed by atoms with van der Waals surface area (Å²) in [5.41, 5.74) is 0.589. The number of ether oxygens (including phenoxy) is 2. The van der Waals surface area contributed by atoms with Gasteiger partial charge in [-0.25, -0.2) is 9.78 Å². The lowest BCUT2D eigenvalue weighted by Crippen LogP contribution is -2.40. The molecule has 0 bridgehead atoms. The number of allylic oxidation sites excluding steroid dienone is 1. The number of hydrogen-bond acceptors (Lipinski definition) is 6. The van der Waals surface area contributed by atoms with Crippen LogP contribution in [0.3, 0.4) is 0 Å². The van der Waals surface area contributed by atoms with Gasteiger partial charge in [-0.05, 0) is 31.5 Å². The van der Waals surface area contributed by atoms with Crippen LogP contribution in [0.15, 0.2) is 41.2 Å². The maximum absolute atomic E-state index is 12.5. The monoisotopic (exact) mass is 358 g/mol. The van der Waals surface area contributed by atoms with Crippen LogP contribution in [0.1, 0.15) is 23.8 Å². The van der Waals surface area contributed by atoms with Gasteiger partial charge in [0, 0.05) is 5.56 Å². The number of oxazole rings is 1. The summed E-state index contributed by atoms with van der Waals surface area (Å²) in [6, 6.07) is 4.09. The van der Waals surface area contributed by atoms with Crippen LogP contribution in [0.4, 0.5) is 0 Å². The minimum atomic E-state index is -1.12. The highest BCUT2D eigenvalue weighted by Crippen LogP contribution is 2.35. The molecule has 0 saturated carbocycles. The largest absolute Gasteiger partial charge is 0.486 e. The number of benzene rings is 1. The van der Waals surface area contributed by atoms with Crippen molar-refractivity contribution in [2.24, 2.45) is 0 Å². The van der Waals surface area contributed by atoms with Crippen LogP contribution in [-0.4, -0.2) is 41.2 Å². The molecule has 1 aliphatic heterocycles. The smallest absolute Gasteiger partial charge is 0.326 e. The van der Waals surface area contributed by atoms with E-state index in [0.717, 1.165) is 6.39 Å². The number of carboxylic acid groups (broad SMARTS) is 1. The molecule has 1 aromatic carbocycles. The number of nitrogens with zero attached hydrogens (tertiary/aromatic N) is 1. The van der Waals surface area contributed by atoms with Crippen molar-refractivity contribution in [2.45, 2.75) is 19.4 Å². The topological polar surface area (TPSA) is 111 Å². The SMILES string of the molecule is C/C=C/CC(NC(=O)c1ncoc1-c1ccc2c(c1)OCCO2)C(=O)O. The normalized spacial score (nSPS) is 14.2. The van der Waals surface area contributed by atoms with E-state index < -0.39 is 17.9 Å². The van der Waals surface area contributed by atoms with Crippen LogP contribution in [0.2, 0.25) is 0 Å². The van der Waals surface area contributed by atoms with E-state index >= 15 is 0 Å². The molecule has 26 heavy (non-hydrogen) atoms. The second-order valence-electron chi connectivity index (χ2n) is 5.56. The number of aromatic nitrogens is 1. The fourth-order valence-corrected chi connectivity index (χ4v) is 2.52. The maximum atomic E-state index is 12.5. The van der Waals surface area contributed by atoms with Crippen LogP contribution in [0.5, 0.6) is 11.5 Å². The number of carboxylic acids is 1. The Kier molecular flexibility index (Phi) is 5.21. The van der Waals surface area contributed by atoms with Gasteiger partial charge < -0.3 is 24.3 Å². The fourth-order valence-electron chi connectivity index (χ4n) is 2.52. The Morgan fingerprint density at radius 2 is 2.08 bits per heavy atom. The number of rotatable bonds is 6. The molecule has 1 aliphatic rings. The van der Waals surface area contributed by atoms with E-state index in [1.165, 1.54) is 0 Å². The molecule has 8 heteroatoms. The Hall–Kier alpha value is -3.29. The molecule has 1 amide bonds. The molecule has 0 fully saturated rings. The summed E-state index contributed by atoms with van der Waals surface area (Å²) in [6.07, 6.45) is 4.71. The quantitative estimate of drug-likeness (QED) is 0.762. The number of carbonyl (C=O) groups is 2. The lowest BCUT2D eigenvalue weighted by atomic mass is 10.1. The second-order valence-corrected chi connectivity index (χ2v) is 5.56. The van der Waals surface area contributed by atoms with Gasteiger partial charge in [-0.1, -0.05) is 12.2 Å². The van der Waals surface area contributed by atoms with Gasteiger partial charge in [0.05, 0.1) is 0 Å². The van der Waals surface area contributed by atoms with Crippen LogP contribution in [0.25, 0.3) is 11.3 Å². The fraction of sp³-hybridized carbons (Fsp3) is 0.278. The van der Waals surface area contributed by atoms with Crippen molar-refractivity contribution < 1.29 is 28.6 Å². The van der Waals surface area contributed by atoms with Gasteiger partial charge in [-0.15, -0.1) is 0 Å². The Bertz CT molecular complexity index is 842. The van der Waals surface area contributed by atoms with Crippen molar-refractivity contribution in [3.8, 4) is 22.8 Å². The third-order valence-electron chi connectivity index (χ3n) is 3.80. The third kappa shape index (κ3) is 3.69. The molecule has 1 aromatic heterocycles. The molecule has 2 heterocycles. The van der Waals surface area contributed by atoms with Gasteiger partial charge in [0.25, 0.3) is 5.91 Å². The lowest BCUT2D eigenvalue weighted by molar-refractivity contribution is -0.139. The van der Waals surface area contributed by atoms with E-state index in [2.05, 4.69) is 10.3 Å². The predicted molar refractivity (Wildman–Crippen MR) is 91.3 cm³/mol. The Morgan fingerprint density at radius 1 is 1.31 bits per heavy atom. The molecule has 0 radical (unpaired) electrons. The highest BCUT2D eigenvalue weighted by Gasteiger charge is 2.25. The van der Waals surface area contributed by atoms with E-state index in [1.54, 1.807) is 37.3 Å².